The Morgan fingerprint density at radius 3 is 2.66 bits per heavy atom. The fourth-order valence-corrected chi connectivity index (χ4v) is 4.44. The van der Waals surface area contributed by atoms with E-state index in [1.807, 2.05) is 30.3 Å². The van der Waals surface area contributed by atoms with E-state index < -0.39 is 0 Å². The molecule has 5 nitrogen and oxygen atoms in total. The number of carbonyl (C=O) groups excluding carboxylic acids is 1. The maximum absolute atomic E-state index is 12.5. The Labute approximate surface area is 208 Å². The van der Waals surface area contributed by atoms with Crippen molar-refractivity contribution in [2.45, 2.75) is 13.5 Å². The van der Waals surface area contributed by atoms with E-state index in [1.54, 1.807) is 25.5 Å². The summed E-state index contributed by atoms with van der Waals surface area (Å²) in [6.45, 7) is 2.83. The molecule has 0 fully saturated rings. The summed E-state index contributed by atoms with van der Waals surface area (Å²) in [5.74, 6) is 0.376. The number of halogens is 2. The number of hydrazone groups is 1. The summed E-state index contributed by atoms with van der Waals surface area (Å²) < 4.78 is 9.57. The lowest BCUT2D eigenvalue weighted by atomic mass is 10.1. The summed E-state index contributed by atoms with van der Waals surface area (Å²) in [6.07, 6.45) is 1.72. The predicted molar refractivity (Wildman–Crippen MR) is 141 cm³/mol. The van der Waals surface area contributed by atoms with E-state index in [4.69, 9.17) is 4.74 Å². The van der Waals surface area contributed by atoms with Gasteiger partial charge in [0.1, 0.15) is 5.75 Å². The van der Waals surface area contributed by atoms with Crippen molar-refractivity contribution in [2.24, 2.45) is 5.10 Å². The molecule has 0 unspecified atom stereocenters. The highest BCUT2D eigenvalue weighted by atomic mass is 127. The third kappa shape index (κ3) is 4.73. The molecule has 0 bridgehead atoms. The molecule has 4 aromatic rings. The number of hydrogen-bond acceptors (Lipinski definition) is 3. The Hall–Kier alpha value is -2.65. The molecule has 0 radical (unpaired) electrons. The van der Waals surface area contributed by atoms with E-state index in [1.165, 1.54) is 5.56 Å². The van der Waals surface area contributed by atoms with Crippen LogP contribution >= 0.6 is 38.5 Å². The molecule has 0 saturated carbocycles. The molecule has 1 amide bonds. The van der Waals surface area contributed by atoms with Gasteiger partial charge in [-0.15, -0.1) is 0 Å². The van der Waals surface area contributed by atoms with E-state index in [0.29, 0.717) is 11.3 Å². The van der Waals surface area contributed by atoms with Gasteiger partial charge < -0.3 is 9.30 Å². The van der Waals surface area contributed by atoms with Crippen LogP contribution in [0.2, 0.25) is 0 Å². The molecule has 0 atom stereocenters. The first-order valence-electron chi connectivity index (χ1n) is 9.97. The van der Waals surface area contributed by atoms with Crippen molar-refractivity contribution in [3.63, 3.8) is 0 Å². The Morgan fingerprint density at radius 1 is 1.16 bits per heavy atom. The van der Waals surface area contributed by atoms with Crippen LogP contribution < -0.4 is 10.2 Å². The quantitative estimate of drug-likeness (QED) is 0.164. The number of carbonyl (C=O) groups is 1. The Kier molecular flexibility index (Phi) is 6.95. The summed E-state index contributed by atoms with van der Waals surface area (Å²) in [6, 6.07) is 21.9. The molecule has 7 heteroatoms. The zero-order valence-corrected chi connectivity index (χ0v) is 21.3. The fraction of sp³-hybridized carbons (Fsp3) is 0.120. The second-order valence-corrected chi connectivity index (χ2v) is 9.36. The number of nitrogens with zero attached hydrogens (tertiary/aromatic N) is 2. The lowest BCUT2D eigenvalue weighted by Crippen LogP contribution is -2.17. The molecule has 4 rings (SSSR count). The highest BCUT2D eigenvalue weighted by molar-refractivity contribution is 14.1. The second kappa shape index (κ2) is 9.87. The molecule has 1 N–H and O–H groups in total. The number of methoxy groups -OCH3 is 1. The third-order valence-corrected chi connectivity index (χ3v) is 6.73. The molecule has 1 heterocycles. The Bertz CT molecular complexity index is 1310. The van der Waals surface area contributed by atoms with Gasteiger partial charge in [0.2, 0.25) is 0 Å². The van der Waals surface area contributed by atoms with Crippen LogP contribution in [0.1, 0.15) is 27.2 Å². The molecule has 0 aliphatic rings. The summed E-state index contributed by atoms with van der Waals surface area (Å²) >= 11 is 5.66. The zero-order chi connectivity index (χ0) is 22.7. The number of benzene rings is 3. The highest BCUT2D eigenvalue weighted by Gasteiger charge is 2.13. The standard InChI is InChI=1S/C25H21BrIN3O2/c1-16-21(14-28-29-25(31)18-9-12-22(27)24(13-18)32-2)20-5-3-4-6-23(20)30(16)15-17-7-10-19(26)11-8-17/h3-14H,15H2,1-2H3,(H,29,31)/b28-14-. The van der Waals surface area contributed by atoms with E-state index in [2.05, 4.69) is 84.8 Å². The molecular formula is C25H21BrIN3O2. The smallest absolute Gasteiger partial charge is 0.271 e. The first-order chi connectivity index (χ1) is 15.5. The summed E-state index contributed by atoms with van der Waals surface area (Å²) in [5, 5.41) is 5.35. The van der Waals surface area contributed by atoms with Crippen LogP contribution in [0.25, 0.3) is 10.9 Å². The second-order valence-electron chi connectivity index (χ2n) is 7.28. The van der Waals surface area contributed by atoms with Crippen molar-refractivity contribution >= 4 is 61.5 Å². The number of para-hydroxylation sites is 1. The molecule has 0 aliphatic carbocycles. The van der Waals surface area contributed by atoms with Gasteiger partial charge >= 0.3 is 0 Å². The molecule has 0 saturated heterocycles. The van der Waals surface area contributed by atoms with Crippen LogP contribution in [0, 0.1) is 10.5 Å². The molecular weight excluding hydrogens is 581 g/mol. The van der Waals surface area contributed by atoms with Gasteiger partial charge in [-0.05, 0) is 71.5 Å². The molecule has 3 aromatic carbocycles. The van der Waals surface area contributed by atoms with Crippen molar-refractivity contribution in [3.05, 3.63) is 97.2 Å². The third-order valence-electron chi connectivity index (χ3n) is 5.31. The van der Waals surface area contributed by atoms with Gasteiger partial charge in [-0.1, -0.05) is 46.3 Å². The number of fused-ring (bicyclic) bond motifs is 1. The van der Waals surface area contributed by atoms with Crippen LogP contribution in [0.5, 0.6) is 5.75 Å². The monoisotopic (exact) mass is 601 g/mol. The van der Waals surface area contributed by atoms with Crippen molar-refractivity contribution < 1.29 is 9.53 Å². The van der Waals surface area contributed by atoms with Crippen molar-refractivity contribution in [1.82, 2.24) is 9.99 Å². The van der Waals surface area contributed by atoms with E-state index >= 15 is 0 Å². The van der Waals surface area contributed by atoms with Gasteiger partial charge in [-0.2, -0.15) is 5.10 Å². The summed E-state index contributed by atoms with van der Waals surface area (Å²) in [5.41, 5.74) is 7.54. The van der Waals surface area contributed by atoms with Crippen LogP contribution in [0.3, 0.4) is 0 Å². The minimum Gasteiger partial charge on any atom is -0.496 e. The van der Waals surface area contributed by atoms with Crippen LogP contribution in [0.15, 0.2) is 76.3 Å². The predicted octanol–water partition coefficient (Wildman–Crippen LogP) is 6.14. The highest BCUT2D eigenvalue weighted by Crippen LogP contribution is 2.26. The summed E-state index contributed by atoms with van der Waals surface area (Å²) in [4.78, 5) is 12.5. The topological polar surface area (TPSA) is 55.6 Å². The van der Waals surface area contributed by atoms with Crippen molar-refractivity contribution in [2.75, 3.05) is 7.11 Å². The van der Waals surface area contributed by atoms with Gasteiger partial charge in [0.15, 0.2) is 0 Å². The Balaban J connectivity index is 1.60. The molecule has 162 valence electrons. The number of rotatable bonds is 6. The number of nitrogens with one attached hydrogen (secondary N) is 1. The zero-order valence-electron chi connectivity index (χ0n) is 17.6. The largest absolute Gasteiger partial charge is 0.496 e. The summed E-state index contributed by atoms with van der Waals surface area (Å²) in [7, 11) is 1.59. The Morgan fingerprint density at radius 2 is 1.91 bits per heavy atom. The van der Waals surface area contributed by atoms with Gasteiger partial charge in [-0.3, -0.25) is 4.79 Å². The average Bonchev–Trinajstić information content (AvgIpc) is 3.06. The van der Waals surface area contributed by atoms with Crippen molar-refractivity contribution in [1.29, 1.82) is 0 Å². The van der Waals surface area contributed by atoms with Crippen molar-refractivity contribution in [3.8, 4) is 5.75 Å². The first-order valence-corrected chi connectivity index (χ1v) is 11.8. The van der Waals surface area contributed by atoms with E-state index in [9.17, 15) is 4.79 Å². The fourth-order valence-electron chi connectivity index (χ4n) is 3.62. The molecule has 0 aliphatic heterocycles. The van der Waals surface area contributed by atoms with Gasteiger partial charge in [0, 0.05) is 38.7 Å². The van der Waals surface area contributed by atoms with Crippen LogP contribution in [0.4, 0.5) is 0 Å². The van der Waals surface area contributed by atoms with E-state index in [0.717, 1.165) is 36.7 Å². The maximum Gasteiger partial charge on any atom is 0.271 e. The SMILES string of the molecule is COc1cc(C(=O)N/N=C\c2c(C)n(Cc3ccc(Br)cc3)c3ccccc23)ccc1I. The lowest BCUT2D eigenvalue weighted by molar-refractivity contribution is 0.0954. The number of aromatic nitrogens is 1. The lowest BCUT2D eigenvalue weighted by Gasteiger charge is -2.09. The van der Waals surface area contributed by atoms with Crippen LogP contribution in [-0.2, 0) is 6.54 Å². The first kappa shape index (κ1) is 22.5. The minimum atomic E-state index is -0.285. The number of hydrogen-bond donors (Lipinski definition) is 1. The van der Waals surface area contributed by atoms with Gasteiger partial charge in [0.25, 0.3) is 5.91 Å². The molecule has 32 heavy (non-hydrogen) atoms. The molecule has 0 spiro atoms. The van der Waals surface area contributed by atoms with Gasteiger partial charge in [0.05, 0.1) is 16.9 Å². The van der Waals surface area contributed by atoms with E-state index in [-0.39, 0.29) is 5.91 Å². The molecule has 1 aromatic heterocycles. The normalized spacial score (nSPS) is 11.2. The number of amides is 1. The average molecular weight is 602 g/mol. The maximum atomic E-state index is 12.5. The minimum absolute atomic E-state index is 0.285. The number of ether oxygens (including phenoxy) is 1. The van der Waals surface area contributed by atoms with Crippen LogP contribution in [-0.4, -0.2) is 23.8 Å². The van der Waals surface area contributed by atoms with Gasteiger partial charge in [-0.25, -0.2) is 5.43 Å².